The molecule has 1 aromatic carbocycles. The number of carbonyl (C=O) groups is 1. The number of rotatable bonds is 3. The van der Waals surface area contributed by atoms with E-state index in [4.69, 9.17) is 17.0 Å². The monoisotopic (exact) mass is 333 g/mol. The Labute approximate surface area is 140 Å². The molecule has 0 N–H and O–H groups in total. The van der Waals surface area contributed by atoms with Gasteiger partial charge in [-0.05, 0) is 42.2 Å². The van der Waals surface area contributed by atoms with E-state index in [1.54, 1.807) is 4.90 Å². The lowest BCUT2D eigenvalue weighted by molar-refractivity contribution is -0.122. The summed E-state index contributed by atoms with van der Waals surface area (Å²) in [4.78, 5) is 14.9. The van der Waals surface area contributed by atoms with Crippen LogP contribution in [0.4, 0.5) is 0 Å². The van der Waals surface area contributed by atoms with Gasteiger partial charge in [0.05, 0.1) is 4.91 Å². The highest BCUT2D eigenvalue weighted by atomic mass is 32.2. The number of amides is 1. The van der Waals surface area contributed by atoms with Crippen molar-refractivity contribution >= 4 is 40.3 Å². The van der Waals surface area contributed by atoms with Gasteiger partial charge in [0, 0.05) is 13.0 Å². The number of hydrogen-bond acceptors (Lipinski definition) is 4. The molecule has 0 spiro atoms. The topological polar surface area (TPSA) is 29.5 Å². The molecule has 1 amide bonds. The predicted molar refractivity (Wildman–Crippen MR) is 95.0 cm³/mol. The van der Waals surface area contributed by atoms with E-state index >= 15 is 0 Å². The summed E-state index contributed by atoms with van der Waals surface area (Å²) >= 11 is 6.72. The zero-order valence-electron chi connectivity index (χ0n) is 13.0. The van der Waals surface area contributed by atoms with Gasteiger partial charge >= 0.3 is 0 Å². The van der Waals surface area contributed by atoms with Gasteiger partial charge in [-0.2, -0.15) is 0 Å². The minimum absolute atomic E-state index is 0.0221. The zero-order chi connectivity index (χ0) is 15.9. The van der Waals surface area contributed by atoms with E-state index in [0.717, 1.165) is 17.7 Å². The van der Waals surface area contributed by atoms with Crippen LogP contribution in [0, 0.1) is 5.92 Å². The minimum Gasteiger partial charge on any atom is -0.490 e. The molecule has 0 unspecified atom stereocenters. The molecule has 0 bridgehead atoms. The van der Waals surface area contributed by atoms with Crippen LogP contribution in [0.15, 0.2) is 23.1 Å². The molecule has 1 saturated heterocycles. The third kappa shape index (κ3) is 3.06. The first-order valence-electron chi connectivity index (χ1n) is 7.49. The fraction of sp³-hybridized carbons (Fsp3) is 0.412. The van der Waals surface area contributed by atoms with Gasteiger partial charge in [0.25, 0.3) is 5.91 Å². The van der Waals surface area contributed by atoms with Crippen molar-refractivity contribution in [2.45, 2.75) is 33.3 Å². The number of ether oxygens (including phenoxy) is 1. The molecule has 1 atom stereocenters. The molecular formula is C17H19NO2S2. The van der Waals surface area contributed by atoms with Crippen molar-refractivity contribution in [3.05, 3.63) is 34.2 Å². The SMILES string of the molecule is CC(C)CN1C(=O)/C(=C\c2ccc3c(c2)C[C@@H](C)O3)SC1=S. The molecule has 3 nitrogen and oxygen atoms in total. The third-order valence-corrected chi connectivity index (χ3v) is 5.02. The fourth-order valence-electron chi connectivity index (χ4n) is 2.71. The molecule has 0 saturated carbocycles. The van der Waals surface area contributed by atoms with Crippen molar-refractivity contribution in [1.29, 1.82) is 0 Å². The average molecular weight is 333 g/mol. The van der Waals surface area contributed by atoms with Crippen LogP contribution in [0.3, 0.4) is 0 Å². The van der Waals surface area contributed by atoms with Crippen LogP contribution in [0.5, 0.6) is 5.75 Å². The number of thioether (sulfide) groups is 1. The lowest BCUT2D eigenvalue weighted by Gasteiger charge is -2.16. The normalized spacial score (nSPS) is 22.6. The Balaban J connectivity index is 1.83. The van der Waals surface area contributed by atoms with Crippen molar-refractivity contribution in [1.82, 2.24) is 4.90 Å². The first-order chi connectivity index (χ1) is 10.4. The second kappa shape index (κ2) is 6.05. The van der Waals surface area contributed by atoms with E-state index in [0.29, 0.717) is 21.7 Å². The van der Waals surface area contributed by atoms with Crippen molar-refractivity contribution in [2.24, 2.45) is 5.92 Å². The first kappa shape index (κ1) is 15.6. The van der Waals surface area contributed by atoms with Crippen LogP contribution in [0.2, 0.25) is 0 Å². The molecule has 22 heavy (non-hydrogen) atoms. The highest BCUT2D eigenvalue weighted by Crippen LogP contribution is 2.35. The average Bonchev–Trinajstić information content (AvgIpc) is 2.92. The maximum absolute atomic E-state index is 12.5. The molecule has 2 aliphatic rings. The van der Waals surface area contributed by atoms with Crippen LogP contribution < -0.4 is 4.74 Å². The van der Waals surface area contributed by atoms with Gasteiger partial charge in [-0.15, -0.1) is 0 Å². The van der Waals surface area contributed by atoms with Crippen LogP contribution >= 0.6 is 24.0 Å². The molecule has 0 radical (unpaired) electrons. The second-order valence-electron chi connectivity index (χ2n) is 6.19. The lowest BCUT2D eigenvalue weighted by Crippen LogP contribution is -2.31. The van der Waals surface area contributed by atoms with E-state index in [1.165, 1.54) is 17.3 Å². The summed E-state index contributed by atoms with van der Waals surface area (Å²) in [5.74, 6) is 1.38. The van der Waals surface area contributed by atoms with E-state index in [2.05, 4.69) is 26.8 Å². The fourth-order valence-corrected chi connectivity index (χ4v) is 3.98. The molecular weight excluding hydrogens is 314 g/mol. The molecule has 0 aliphatic carbocycles. The summed E-state index contributed by atoms with van der Waals surface area (Å²) in [5.41, 5.74) is 2.24. The maximum atomic E-state index is 12.5. The Bertz CT molecular complexity index is 667. The van der Waals surface area contributed by atoms with Gasteiger partial charge in [-0.3, -0.25) is 9.69 Å². The largest absolute Gasteiger partial charge is 0.490 e. The zero-order valence-corrected chi connectivity index (χ0v) is 14.6. The van der Waals surface area contributed by atoms with Gasteiger partial charge < -0.3 is 4.74 Å². The summed E-state index contributed by atoms with van der Waals surface area (Å²) < 4.78 is 6.36. The van der Waals surface area contributed by atoms with Gasteiger partial charge in [-0.25, -0.2) is 0 Å². The van der Waals surface area contributed by atoms with E-state index < -0.39 is 0 Å². The van der Waals surface area contributed by atoms with Gasteiger partial charge in [-0.1, -0.05) is 43.9 Å². The number of thiocarbonyl (C=S) groups is 1. The molecule has 2 aliphatic heterocycles. The third-order valence-electron chi connectivity index (χ3n) is 3.64. The summed E-state index contributed by atoms with van der Waals surface area (Å²) in [7, 11) is 0. The minimum atomic E-state index is 0.0221. The van der Waals surface area contributed by atoms with Crippen LogP contribution in [-0.2, 0) is 11.2 Å². The number of fused-ring (bicyclic) bond motifs is 1. The quantitative estimate of drug-likeness (QED) is 0.620. The summed E-state index contributed by atoms with van der Waals surface area (Å²) in [5, 5.41) is 0. The number of nitrogens with zero attached hydrogens (tertiary/aromatic N) is 1. The van der Waals surface area contributed by atoms with E-state index in [9.17, 15) is 4.79 Å². The molecule has 2 heterocycles. The number of carbonyl (C=O) groups excluding carboxylic acids is 1. The second-order valence-corrected chi connectivity index (χ2v) is 7.86. The smallest absolute Gasteiger partial charge is 0.266 e. The molecule has 5 heteroatoms. The van der Waals surface area contributed by atoms with Crippen molar-refractivity contribution < 1.29 is 9.53 Å². The van der Waals surface area contributed by atoms with Crippen molar-refractivity contribution in [3.63, 3.8) is 0 Å². The molecule has 116 valence electrons. The van der Waals surface area contributed by atoms with Gasteiger partial charge in [0.1, 0.15) is 16.2 Å². The molecule has 1 fully saturated rings. The van der Waals surface area contributed by atoms with Gasteiger partial charge in [0.15, 0.2) is 0 Å². The highest BCUT2D eigenvalue weighted by molar-refractivity contribution is 8.26. The maximum Gasteiger partial charge on any atom is 0.266 e. The Morgan fingerprint density at radius 2 is 2.27 bits per heavy atom. The Kier molecular flexibility index (Phi) is 4.28. The standard InChI is InChI=1S/C17H19NO2S2/c1-10(2)9-18-16(19)15(22-17(18)21)8-12-4-5-14-13(7-12)6-11(3)20-14/h4-5,7-8,10-11H,6,9H2,1-3H3/b15-8+/t11-/m1/s1. The first-order valence-corrected chi connectivity index (χ1v) is 8.71. The number of benzene rings is 1. The summed E-state index contributed by atoms with van der Waals surface area (Å²) in [6.07, 6.45) is 3.09. The Morgan fingerprint density at radius 3 is 3.00 bits per heavy atom. The highest BCUT2D eigenvalue weighted by Gasteiger charge is 2.32. The molecule has 1 aromatic rings. The summed E-state index contributed by atoms with van der Waals surface area (Å²) in [6.45, 7) is 6.92. The summed E-state index contributed by atoms with van der Waals surface area (Å²) in [6, 6.07) is 6.08. The van der Waals surface area contributed by atoms with E-state index in [1.807, 2.05) is 18.2 Å². The Morgan fingerprint density at radius 1 is 1.50 bits per heavy atom. The predicted octanol–water partition coefficient (Wildman–Crippen LogP) is 3.87. The van der Waals surface area contributed by atoms with Crippen LogP contribution in [-0.4, -0.2) is 27.8 Å². The van der Waals surface area contributed by atoms with Gasteiger partial charge in [0.2, 0.25) is 0 Å². The van der Waals surface area contributed by atoms with E-state index in [-0.39, 0.29) is 12.0 Å². The molecule has 3 rings (SSSR count). The lowest BCUT2D eigenvalue weighted by atomic mass is 10.1. The molecule has 0 aromatic heterocycles. The van der Waals surface area contributed by atoms with Crippen LogP contribution in [0.25, 0.3) is 6.08 Å². The number of hydrogen-bond donors (Lipinski definition) is 0. The van der Waals surface area contributed by atoms with Crippen molar-refractivity contribution in [2.75, 3.05) is 6.54 Å². The van der Waals surface area contributed by atoms with Crippen molar-refractivity contribution in [3.8, 4) is 5.75 Å². The Hall–Kier alpha value is -1.33. The van der Waals surface area contributed by atoms with Crippen LogP contribution in [0.1, 0.15) is 31.9 Å².